The van der Waals surface area contributed by atoms with E-state index in [1.165, 1.54) is 0 Å². The van der Waals surface area contributed by atoms with Crippen molar-refractivity contribution in [3.05, 3.63) is 23.2 Å². The van der Waals surface area contributed by atoms with E-state index in [1.807, 2.05) is 0 Å². The largest absolute Gasteiger partial charge is 0.478 e. The first-order chi connectivity index (χ1) is 8.37. The third-order valence-electron chi connectivity index (χ3n) is 3.08. The maximum Gasteiger partial charge on any atom is 0.339 e. The topological polar surface area (TPSA) is 62.9 Å². The van der Waals surface area contributed by atoms with Gasteiger partial charge in [-0.15, -0.1) is 0 Å². The second kappa shape index (κ2) is 4.74. The minimum Gasteiger partial charge on any atom is -0.478 e. The third kappa shape index (κ3) is 2.91. The molecule has 18 heavy (non-hydrogen) atoms. The van der Waals surface area contributed by atoms with Crippen molar-refractivity contribution in [1.29, 1.82) is 0 Å². The first-order valence-electron chi connectivity index (χ1n) is 6.06. The Morgan fingerprint density at radius 2 is 2.28 bits per heavy atom. The molecule has 1 saturated heterocycles. The molecule has 0 spiro atoms. The SMILES string of the molecule is Cc1oc(CN2CCOC(C)(C)C2)cc1C(=O)O. The second-order valence-corrected chi connectivity index (χ2v) is 5.31. The monoisotopic (exact) mass is 253 g/mol. The van der Waals surface area contributed by atoms with Crippen LogP contribution in [-0.4, -0.2) is 41.3 Å². The van der Waals surface area contributed by atoms with Crippen molar-refractivity contribution >= 4 is 5.97 Å². The van der Waals surface area contributed by atoms with Crippen LogP contribution in [0.4, 0.5) is 0 Å². The molecule has 0 unspecified atom stereocenters. The molecule has 1 aliphatic rings. The molecule has 1 N–H and O–H groups in total. The smallest absolute Gasteiger partial charge is 0.339 e. The number of nitrogens with zero attached hydrogens (tertiary/aromatic N) is 1. The van der Waals surface area contributed by atoms with Gasteiger partial charge in [0.05, 0.1) is 18.8 Å². The maximum atomic E-state index is 10.9. The molecule has 5 heteroatoms. The summed E-state index contributed by atoms with van der Waals surface area (Å²) in [7, 11) is 0. The molecule has 5 nitrogen and oxygen atoms in total. The molecule has 2 rings (SSSR count). The molecule has 1 aliphatic heterocycles. The number of hydrogen-bond donors (Lipinski definition) is 1. The summed E-state index contributed by atoms with van der Waals surface area (Å²) in [5.74, 6) is 0.220. The molecule has 0 bridgehead atoms. The van der Waals surface area contributed by atoms with E-state index in [9.17, 15) is 4.79 Å². The summed E-state index contributed by atoms with van der Waals surface area (Å²) in [4.78, 5) is 13.2. The highest BCUT2D eigenvalue weighted by atomic mass is 16.5. The van der Waals surface area contributed by atoms with E-state index in [1.54, 1.807) is 13.0 Å². The second-order valence-electron chi connectivity index (χ2n) is 5.31. The zero-order valence-electron chi connectivity index (χ0n) is 11.0. The summed E-state index contributed by atoms with van der Waals surface area (Å²) in [6.07, 6.45) is 0. The number of carboxylic acids is 1. The first-order valence-corrected chi connectivity index (χ1v) is 6.06. The number of hydrogen-bond acceptors (Lipinski definition) is 4. The quantitative estimate of drug-likeness (QED) is 0.891. The Morgan fingerprint density at radius 3 is 2.83 bits per heavy atom. The fourth-order valence-corrected chi connectivity index (χ4v) is 2.30. The molecular weight excluding hydrogens is 234 g/mol. The average molecular weight is 253 g/mol. The van der Waals surface area contributed by atoms with Crippen LogP contribution < -0.4 is 0 Å². The van der Waals surface area contributed by atoms with Crippen molar-refractivity contribution in [2.75, 3.05) is 19.7 Å². The van der Waals surface area contributed by atoms with E-state index in [2.05, 4.69) is 18.7 Å². The molecule has 1 aromatic heterocycles. The summed E-state index contributed by atoms with van der Waals surface area (Å²) < 4.78 is 11.1. The van der Waals surface area contributed by atoms with Crippen molar-refractivity contribution in [3.63, 3.8) is 0 Å². The van der Waals surface area contributed by atoms with Crippen LogP contribution in [-0.2, 0) is 11.3 Å². The van der Waals surface area contributed by atoms with Gasteiger partial charge in [-0.3, -0.25) is 4.90 Å². The Hall–Kier alpha value is -1.33. The molecule has 0 atom stereocenters. The Kier molecular flexibility index (Phi) is 3.45. The highest BCUT2D eigenvalue weighted by molar-refractivity contribution is 5.88. The molecule has 0 aliphatic carbocycles. The van der Waals surface area contributed by atoms with Gasteiger partial charge in [0.2, 0.25) is 0 Å². The van der Waals surface area contributed by atoms with Gasteiger partial charge in [0, 0.05) is 13.1 Å². The highest BCUT2D eigenvalue weighted by Gasteiger charge is 2.28. The third-order valence-corrected chi connectivity index (χ3v) is 3.08. The van der Waals surface area contributed by atoms with Gasteiger partial charge < -0.3 is 14.3 Å². The fraction of sp³-hybridized carbons (Fsp3) is 0.615. The zero-order valence-corrected chi connectivity index (χ0v) is 11.0. The fourth-order valence-electron chi connectivity index (χ4n) is 2.30. The van der Waals surface area contributed by atoms with Crippen LogP contribution in [0.15, 0.2) is 10.5 Å². The van der Waals surface area contributed by atoms with Crippen LogP contribution in [0.2, 0.25) is 0 Å². The van der Waals surface area contributed by atoms with Crippen molar-refractivity contribution in [1.82, 2.24) is 4.90 Å². The van der Waals surface area contributed by atoms with Crippen LogP contribution in [0.25, 0.3) is 0 Å². The van der Waals surface area contributed by atoms with Gasteiger partial charge in [-0.2, -0.15) is 0 Å². The Balaban J connectivity index is 2.05. The van der Waals surface area contributed by atoms with Gasteiger partial charge in [0.15, 0.2) is 0 Å². The average Bonchev–Trinajstić information content (AvgIpc) is 2.58. The molecule has 100 valence electrons. The normalized spacial score (nSPS) is 19.9. The number of furan rings is 1. The van der Waals surface area contributed by atoms with Crippen LogP contribution in [0.1, 0.15) is 35.7 Å². The van der Waals surface area contributed by atoms with Gasteiger partial charge in [-0.25, -0.2) is 4.79 Å². The summed E-state index contributed by atoms with van der Waals surface area (Å²) in [5.41, 5.74) is 0.0905. The minimum absolute atomic E-state index is 0.157. The van der Waals surface area contributed by atoms with E-state index in [4.69, 9.17) is 14.3 Å². The van der Waals surface area contributed by atoms with E-state index >= 15 is 0 Å². The molecule has 0 saturated carbocycles. The molecule has 2 heterocycles. The Bertz CT molecular complexity index is 450. The van der Waals surface area contributed by atoms with Crippen molar-refractivity contribution in [2.45, 2.75) is 32.9 Å². The van der Waals surface area contributed by atoms with Crippen LogP contribution in [0, 0.1) is 6.92 Å². The van der Waals surface area contributed by atoms with Crippen LogP contribution >= 0.6 is 0 Å². The van der Waals surface area contributed by atoms with Crippen molar-refractivity contribution in [3.8, 4) is 0 Å². The number of aromatic carboxylic acids is 1. The number of morpholine rings is 1. The number of rotatable bonds is 3. The molecular formula is C13H19NO4. The molecule has 0 radical (unpaired) electrons. The number of aryl methyl sites for hydroxylation is 1. The van der Waals surface area contributed by atoms with Crippen molar-refractivity contribution < 1.29 is 19.1 Å². The Labute approximate surface area is 106 Å². The predicted molar refractivity (Wildman–Crippen MR) is 65.7 cm³/mol. The predicted octanol–water partition coefficient (Wildman–Crippen LogP) is 1.90. The Morgan fingerprint density at radius 1 is 1.56 bits per heavy atom. The lowest BCUT2D eigenvalue weighted by Gasteiger charge is -2.37. The minimum atomic E-state index is -0.940. The lowest BCUT2D eigenvalue weighted by atomic mass is 10.1. The van der Waals surface area contributed by atoms with Gasteiger partial charge >= 0.3 is 5.97 Å². The van der Waals surface area contributed by atoms with Crippen LogP contribution in [0.3, 0.4) is 0 Å². The molecule has 0 amide bonds. The van der Waals surface area contributed by atoms with Crippen molar-refractivity contribution in [2.24, 2.45) is 0 Å². The maximum absolute atomic E-state index is 10.9. The van der Waals surface area contributed by atoms with Crippen LogP contribution in [0.5, 0.6) is 0 Å². The lowest BCUT2D eigenvalue weighted by Crippen LogP contribution is -2.47. The van der Waals surface area contributed by atoms with E-state index in [0.29, 0.717) is 24.7 Å². The van der Waals surface area contributed by atoms with Gasteiger partial charge in [0.25, 0.3) is 0 Å². The van der Waals surface area contributed by atoms with Gasteiger partial charge in [0.1, 0.15) is 17.1 Å². The van der Waals surface area contributed by atoms with Gasteiger partial charge in [-0.1, -0.05) is 0 Å². The molecule has 1 aromatic rings. The molecule has 0 aromatic carbocycles. The first kappa shape index (κ1) is 13.1. The lowest BCUT2D eigenvalue weighted by molar-refractivity contribution is -0.0894. The summed E-state index contributed by atoms with van der Waals surface area (Å²) in [5, 5.41) is 8.97. The standard InChI is InChI=1S/C13H19NO4/c1-9-11(12(15)16)6-10(18-9)7-14-4-5-17-13(2,3)8-14/h6H,4-5,7-8H2,1-3H3,(H,15,16). The van der Waals surface area contributed by atoms with E-state index in [-0.39, 0.29) is 11.2 Å². The molecule has 1 fully saturated rings. The summed E-state index contributed by atoms with van der Waals surface area (Å²) in [6, 6.07) is 1.61. The zero-order chi connectivity index (χ0) is 13.3. The summed E-state index contributed by atoms with van der Waals surface area (Å²) >= 11 is 0. The number of carbonyl (C=O) groups is 1. The number of carboxylic acid groups (broad SMARTS) is 1. The van der Waals surface area contributed by atoms with Gasteiger partial charge in [-0.05, 0) is 26.8 Å². The highest BCUT2D eigenvalue weighted by Crippen LogP contribution is 2.21. The number of ether oxygens (including phenoxy) is 1. The van der Waals surface area contributed by atoms with E-state index in [0.717, 1.165) is 13.1 Å². The van der Waals surface area contributed by atoms with E-state index < -0.39 is 5.97 Å². The summed E-state index contributed by atoms with van der Waals surface area (Å²) in [6.45, 7) is 8.75.